The van der Waals surface area contributed by atoms with Crippen molar-refractivity contribution in [1.82, 2.24) is 4.90 Å². The smallest absolute Gasteiger partial charge is 0.123 e. The van der Waals surface area contributed by atoms with Crippen LogP contribution in [-0.4, -0.2) is 37.6 Å². The monoisotopic (exact) mass is 444 g/mol. The van der Waals surface area contributed by atoms with Gasteiger partial charge < -0.3 is 9.64 Å². The molecule has 5 rings (SSSR count). The maximum absolute atomic E-state index is 13.1. The number of hydrogen-bond donors (Lipinski definition) is 0. The number of rotatable bonds is 7. The summed E-state index contributed by atoms with van der Waals surface area (Å²) in [7, 11) is 0. The Balaban J connectivity index is 1.06. The Hall–Kier alpha value is -2.85. The average Bonchev–Trinajstić information content (AvgIpc) is 2.87. The molecule has 1 aliphatic heterocycles. The van der Waals surface area contributed by atoms with Crippen LogP contribution in [0.15, 0.2) is 66.7 Å². The van der Waals surface area contributed by atoms with Crippen molar-refractivity contribution in [2.24, 2.45) is 0 Å². The van der Waals surface area contributed by atoms with Gasteiger partial charge in [0.05, 0.1) is 0 Å². The van der Waals surface area contributed by atoms with E-state index >= 15 is 0 Å². The Morgan fingerprint density at radius 3 is 2.18 bits per heavy atom. The quantitative estimate of drug-likeness (QED) is 0.468. The number of nitrogens with zero attached hydrogens (tertiary/aromatic N) is 2. The van der Waals surface area contributed by atoms with Gasteiger partial charge in [-0.25, -0.2) is 4.39 Å². The zero-order valence-electron chi connectivity index (χ0n) is 19.3. The summed E-state index contributed by atoms with van der Waals surface area (Å²) in [4.78, 5) is 4.86. The van der Waals surface area contributed by atoms with Gasteiger partial charge in [-0.05, 0) is 90.8 Å². The number of benzene rings is 3. The lowest BCUT2D eigenvalue weighted by atomic mass is 9.92. The fraction of sp³-hybridized carbons (Fsp3) is 0.379. The van der Waals surface area contributed by atoms with Crippen LogP contribution in [0.3, 0.4) is 0 Å². The summed E-state index contributed by atoms with van der Waals surface area (Å²) in [6.07, 6.45) is 6.06. The molecule has 0 atom stereocenters. The molecule has 0 N–H and O–H groups in total. The summed E-state index contributed by atoms with van der Waals surface area (Å²) in [6.45, 7) is 5.76. The highest BCUT2D eigenvalue weighted by Crippen LogP contribution is 2.26. The molecule has 0 radical (unpaired) electrons. The van der Waals surface area contributed by atoms with E-state index in [1.807, 2.05) is 12.1 Å². The van der Waals surface area contributed by atoms with Gasteiger partial charge in [-0.15, -0.1) is 0 Å². The lowest BCUT2D eigenvalue weighted by molar-refractivity contribution is 0.261. The number of hydrogen-bond acceptors (Lipinski definition) is 3. The molecule has 0 bridgehead atoms. The third kappa shape index (κ3) is 5.75. The van der Waals surface area contributed by atoms with E-state index in [2.05, 4.69) is 52.3 Å². The molecular weight excluding hydrogens is 411 g/mol. The van der Waals surface area contributed by atoms with Crippen molar-refractivity contribution in [3.8, 4) is 5.75 Å². The predicted octanol–water partition coefficient (Wildman–Crippen LogP) is 5.65. The summed E-state index contributed by atoms with van der Waals surface area (Å²) in [5.74, 6) is 0.813. The lowest BCUT2D eigenvalue weighted by Gasteiger charge is -2.36. The normalized spacial score (nSPS) is 16.5. The Morgan fingerprint density at radius 2 is 1.42 bits per heavy atom. The van der Waals surface area contributed by atoms with Crippen molar-refractivity contribution in [3.63, 3.8) is 0 Å². The van der Waals surface area contributed by atoms with Crippen LogP contribution in [-0.2, 0) is 25.9 Å². The number of fused-ring (bicyclic) bond motifs is 1. The van der Waals surface area contributed by atoms with E-state index in [4.69, 9.17) is 4.74 Å². The Bertz CT molecular complexity index is 1040. The van der Waals surface area contributed by atoms with Gasteiger partial charge in [-0.3, -0.25) is 4.90 Å². The maximum Gasteiger partial charge on any atom is 0.123 e. The number of piperazine rings is 1. The molecule has 3 aromatic rings. The minimum atomic E-state index is -0.173. The highest BCUT2D eigenvalue weighted by atomic mass is 19.1. The maximum atomic E-state index is 13.1. The van der Waals surface area contributed by atoms with Gasteiger partial charge in [-0.1, -0.05) is 30.3 Å². The second-order valence-corrected chi connectivity index (χ2v) is 9.30. The molecule has 3 nitrogen and oxygen atoms in total. The van der Waals surface area contributed by atoms with Crippen LogP contribution in [0.1, 0.15) is 35.1 Å². The molecule has 0 spiro atoms. The van der Waals surface area contributed by atoms with Crippen LogP contribution < -0.4 is 9.64 Å². The van der Waals surface area contributed by atoms with Gasteiger partial charge in [0.15, 0.2) is 0 Å². The molecule has 0 saturated carbocycles. The zero-order valence-corrected chi connectivity index (χ0v) is 19.3. The Kier molecular flexibility index (Phi) is 6.92. The number of aryl methyl sites for hydroxylation is 2. The van der Waals surface area contributed by atoms with E-state index in [0.29, 0.717) is 6.61 Å². The van der Waals surface area contributed by atoms with Crippen LogP contribution >= 0.6 is 0 Å². The molecule has 1 saturated heterocycles. The van der Waals surface area contributed by atoms with E-state index in [1.54, 1.807) is 12.1 Å². The molecule has 3 aromatic carbocycles. The zero-order chi connectivity index (χ0) is 22.5. The molecule has 172 valence electrons. The van der Waals surface area contributed by atoms with Crippen LogP contribution in [0, 0.1) is 5.82 Å². The molecule has 33 heavy (non-hydrogen) atoms. The topological polar surface area (TPSA) is 15.7 Å². The van der Waals surface area contributed by atoms with Crippen molar-refractivity contribution in [1.29, 1.82) is 0 Å². The first-order valence-electron chi connectivity index (χ1n) is 12.3. The highest BCUT2D eigenvalue weighted by molar-refractivity contribution is 5.46. The largest absolute Gasteiger partial charge is 0.489 e. The minimum Gasteiger partial charge on any atom is -0.489 e. The molecule has 0 amide bonds. The molecule has 4 heteroatoms. The van der Waals surface area contributed by atoms with E-state index in [-0.39, 0.29) is 5.82 Å². The summed E-state index contributed by atoms with van der Waals surface area (Å²) >= 11 is 0. The third-order valence-corrected chi connectivity index (χ3v) is 7.03. The standard InChI is InChI=1S/C29H33FN2O/c30-27-10-12-28(13-11-27)32-19-17-31(18-20-32)16-15-23-5-7-24(8-6-23)22-33-29-14-9-25-3-1-2-4-26(25)21-29/h5-14,21H,1-4,15-20,22H2. The molecule has 2 aliphatic rings. The lowest BCUT2D eigenvalue weighted by Crippen LogP contribution is -2.47. The van der Waals surface area contributed by atoms with Crippen molar-refractivity contribution in [2.75, 3.05) is 37.6 Å². The van der Waals surface area contributed by atoms with E-state index in [9.17, 15) is 4.39 Å². The van der Waals surface area contributed by atoms with Crippen LogP contribution in [0.25, 0.3) is 0 Å². The van der Waals surface area contributed by atoms with Crippen molar-refractivity contribution >= 4 is 5.69 Å². The van der Waals surface area contributed by atoms with Gasteiger partial charge in [0.1, 0.15) is 18.2 Å². The number of ether oxygens (including phenoxy) is 1. The second-order valence-electron chi connectivity index (χ2n) is 9.30. The van der Waals surface area contributed by atoms with Crippen molar-refractivity contribution in [2.45, 2.75) is 38.7 Å². The fourth-order valence-corrected chi connectivity index (χ4v) is 4.94. The van der Waals surface area contributed by atoms with Crippen LogP contribution in [0.5, 0.6) is 5.75 Å². The van der Waals surface area contributed by atoms with Crippen LogP contribution in [0.4, 0.5) is 10.1 Å². The van der Waals surface area contributed by atoms with Crippen molar-refractivity contribution in [3.05, 3.63) is 94.8 Å². The van der Waals surface area contributed by atoms with Gasteiger partial charge in [-0.2, -0.15) is 0 Å². The SMILES string of the molecule is Fc1ccc(N2CCN(CCc3ccc(COc4ccc5c(c4)CCCC5)cc3)CC2)cc1. The summed E-state index contributed by atoms with van der Waals surface area (Å²) < 4.78 is 19.2. The average molecular weight is 445 g/mol. The molecule has 0 aromatic heterocycles. The van der Waals surface area contributed by atoms with Crippen molar-refractivity contribution < 1.29 is 9.13 Å². The second kappa shape index (κ2) is 10.4. The molecule has 1 aliphatic carbocycles. The van der Waals surface area contributed by atoms with Gasteiger partial charge in [0, 0.05) is 38.4 Å². The highest BCUT2D eigenvalue weighted by Gasteiger charge is 2.17. The Labute approximate surface area is 196 Å². The van der Waals surface area contributed by atoms with Crippen LogP contribution in [0.2, 0.25) is 0 Å². The first-order valence-corrected chi connectivity index (χ1v) is 12.3. The molecule has 0 unspecified atom stereocenters. The first-order chi connectivity index (χ1) is 16.2. The number of halogens is 1. The number of anilines is 1. The first kappa shape index (κ1) is 22.0. The summed E-state index contributed by atoms with van der Waals surface area (Å²) in [5.41, 5.74) is 6.66. The molecule has 1 heterocycles. The van der Waals surface area contributed by atoms with E-state index in [0.717, 1.165) is 50.6 Å². The minimum absolute atomic E-state index is 0.173. The van der Waals surface area contributed by atoms with Gasteiger partial charge >= 0.3 is 0 Å². The Morgan fingerprint density at radius 1 is 0.727 bits per heavy atom. The molecular formula is C29H33FN2O. The predicted molar refractivity (Wildman–Crippen MR) is 133 cm³/mol. The van der Waals surface area contributed by atoms with Gasteiger partial charge in [0.25, 0.3) is 0 Å². The third-order valence-electron chi connectivity index (χ3n) is 7.03. The summed E-state index contributed by atoms with van der Waals surface area (Å²) in [6, 6.07) is 22.3. The van der Waals surface area contributed by atoms with E-state index < -0.39 is 0 Å². The van der Waals surface area contributed by atoms with E-state index in [1.165, 1.54) is 47.9 Å². The van der Waals surface area contributed by atoms with Gasteiger partial charge in [0.2, 0.25) is 0 Å². The molecule has 1 fully saturated rings. The fourth-order valence-electron chi connectivity index (χ4n) is 4.94. The summed E-state index contributed by atoms with van der Waals surface area (Å²) in [5, 5.41) is 0.